The minimum atomic E-state index is -0.281. The van der Waals surface area contributed by atoms with Gasteiger partial charge in [-0.3, -0.25) is 4.79 Å². The maximum atomic E-state index is 13.4. The Morgan fingerprint density at radius 1 is 1.24 bits per heavy atom. The zero-order valence-corrected chi connectivity index (χ0v) is 12.4. The molecule has 2 aromatic rings. The molecule has 0 atom stereocenters. The van der Waals surface area contributed by atoms with Crippen molar-refractivity contribution in [2.24, 2.45) is 0 Å². The molecular weight excluding hydrogens is 291 g/mol. The van der Waals surface area contributed by atoms with Crippen molar-refractivity contribution >= 4 is 23.2 Å². The summed E-state index contributed by atoms with van der Waals surface area (Å²) in [6, 6.07) is 11.8. The van der Waals surface area contributed by atoms with Crippen molar-refractivity contribution in [3.8, 4) is 0 Å². The van der Waals surface area contributed by atoms with E-state index in [1.807, 2.05) is 13.0 Å². The van der Waals surface area contributed by atoms with E-state index in [1.165, 1.54) is 6.07 Å². The predicted octanol–water partition coefficient (Wildman–Crippen LogP) is 3.52. The fourth-order valence-corrected chi connectivity index (χ4v) is 2.05. The molecule has 0 radical (unpaired) electrons. The molecule has 0 saturated carbocycles. The van der Waals surface area contributed by atoms with E-state index in [2.05, 4.69) is 10.6 Å². The van der Waals surface area contributed by atoms with Gasteiger partial charge in [-0.25, -0.2) is 4.39 Å². The van der Waals surface area contributed by atoms with Crippen LogP contribution < -0.4 is 10.6 Å². The van der Waals surface area contributed by atoms with E-state index in [0.717, 1.165) is 5.56 Å². The first-order chi connectivity index (χ1) is 10.1. The van der Waals surface area contributed by atoms with E-state index in [1.54, 1.807) is 30.3 Å². The summed E-state index contributed by atoms with van der Waals surface area (Å²) in [5.74, 6) is -0.479. The van der Waals surface area contributed by atoms with E-state index in [0.29, 0.717) is 22.8 Å². The van der Waals surface area contributed by atoms with Gasteiger partial charge in [0.1, 0.15) is 5.82 Å². The third-order valence-electron chi connectivity index (χ3n) is 3.03. The molecule has 0 heterocycles. The van der Waals surface area contributed by atoms with E-state index in [9.17, 15) is 9.18 Å². The molecule has 110 valence electrons. The second kappa shape index (κ2) is 7.20. The molecule has 0 saturated heterocycles. The minimum Gasteiger partial charge on any atom is -0.325 e. The summed E-state index contributed by atoms with van der Waals surface area (Å²) in [6.45, 7) is 2.29. The average molecular weight is 307 g/mol. The fraction of sp³-hybridized carbons (Fsp3) is 0.188. The van der Waals surface area contributed by atoms with Crippen molar-refractivity contribution < 1.29 is 9.18 Å². The highest BCUT2D eigenvalue weighted by Crippen LogP contribution is 2.19. The van der Waals surface area contributed by atoms with Gasteiger partial charge in [0.25, 0.3) is 0 Å². The molecule has 1 amide bonds. The fourth-order valence-electron chi connectivity index (χ4n) is 1.88. The number of amides is 1. The smallest absolute Gasteiger partial charge is 0.238 e. The normalized spacial score (nSPS) is 10.4. The number of nitrogens with one attached hydrogen (secondary N) is 2. The van der Waals surface area contributed by atoms with Gasteiger partial charge < -0.3 is 10.6 Å². The van der Waals surface area contributed by atoms with Gasteiger partial charge in [0.15, 0.2) is 0 Å². The van der Waals surface area contributed by atoms with E-state index < -0.39 is 0 Å². The van der Waals surface area contributed by atoms with E-state index in [-0.39, 0.29) is 18.3 Å². The summed E-state index contributed by atoms with van der Waals surface area (Å²) in [5.41, 5.74) is 2.14. The highest BCUT2D eigenvalue weighted by Gasteiger charge is 2.06. The maximum Gasteiger partial charge on any atom is 0.238 e. The summed E-state index contributed by atoms with van der Waals surface area (Å²) in [5, 5.41) is 6.25. The molecule has 2 aromatic carbocycles. The molecule has 2 N–H and O–H groups in total. The van der Waals surface area contributed by atoms with E-state index in [4.69, 9.17) is 11.6 Å². The molecule has 21 heavy (non-hydrogen) atoms. The number of carbonyl (C=O) groups is 1. The van der Waals surface area contributed by atoms with Crippen LogP contribution in [0.5, 0.6) is 0 Å². The van der Waals surface area contributed by atoms with Crippen LogP contribution in [0.25, 0.3) is 0 Å². The lowest BCUT2D eigenvalue weighted by Gasteiger charge is -2.10. The lowest BCUT2D eigenvalue weighted by atomic mass is 10.2. The van der Waals surface area contributed by atoms with Crippen LogP contribution in [0.4, 0.5) is 10.1 Å². The first-order valence-electron chi connectivity index (χ1n) is 6.56. The minimum absolute atomic E-state index is 0.0975. The van der Waals surface area contributed by atoms with Crippen LogP contribution in [0.2, 0.25) is 5.02 Å². The van der Waals surface area contributed by atoms with Gasteiger partial charge in [-0.2, -0.15) is 0 Å². The Hall–Kier alpha value is -1.91. The molecule has 0 aliphatic carbocycles. The van der Waals surface area contributed by atoms with Gasteiger partial charge in [-0.15, -0.1) is 0 Å². The number of carbonyl (C=O) groups excluding carboxylic acids is 1. The zero-order chi connectivity index (χ0) is 15.2. The second-order valence-electron chi connectivity index (χ2n) is 4.70. The molecular formula is C16H16ClFN2O. The number of hydrogen-bond acceptors (Lipinski definition) is 2. The summed E-state index contributed by atoms with van der Waals surface area (Å²) < 4.78 is 13.4. The van der Waals surface area contributed by atoms with Crippen molar-refractivity contribution in [3.63, 3.8) is 0 Å². The topological polar surface area (TPSA) is 41.1 Å². The van der Waals surface area contributed by atoms with E-state index >= 15 is 0 Å². The third-order valence-corrected chi connectivity index (χ3v) is 3.27. The Morgan fingerprint density at radius 3 is 2.76 bits per heavy atom. The second-order valence-corrected chi connectivity index (χ2v) is 5.14. The van der Waals surface area contributed by atoms with Crippen molar-refractivity contribution in [1.29, 1.82) is 0 Å². The first kappa shape index (κ1) is 15.5. The lowest BCUT2D eigenvalue weighted by Crippen LogP contribution is -2.28. The number of rotatable bonds is 5. The quantitative estimate of drug-likeness (QED) is 0.887. The van der Waals surface area contributed by atoms with Crippen LogP contribution in [0.15, 0.2) is 42.5 Å². The zero-order valence-electron chi connectivity index (χ0n) is 11.6. The molecule has 3 nitrogen and oxygen atoms in total. The van der Waals surface area contributed by atoms with Crippen molar-refractivity contribution in [2.45, 2.75) is 13.5 Å². The number of anilines is 1. The highest BCUT2D eigenvalue weighted by molar-refractivity contribution is 6.31. The van der Waals surface area contributed by atoms with Crippen molar-refractivity contribution in [3.05, 3.63) is 64.4 Å². The van der Waals surface area contributed by atoms with Crippen LogP contribution in [0.1, 0.15) is 11.1 Å². The summed E-state index contributed by atoms with van der Waals surface area (Å²) in [4.78, 5) is 11.8. The van der Waals surface area contributed by atoms with Gasteiger partial charge >= 0.3 is 0 Å². The largest absolute Gasteiger partial charge is 0.325 e. The Labute approximate surface area is 128 Å². The maximum absolute atomic E-state index is 13.4. The van der Waals surface area contributed by atoms with Crippen LogP contribution >= 0.6 is 11.6 Å². The Balaban J connectivity index is 1.85. The van der Waals surface area contributed by atoms with Crippen LogP contribution in [0.3, 0.4) is 0 Å². The number of halogens is 2. The molecule has 0 aromatic heterocycles. The number of aryl methyl sites for hydroxylation is 1. The number of hydrogen-bond donors (Lipinski definition) is 2. The standard InChI is InChI=1S/C16H16ClFN2O/c1-11-6-7-13(17)8-15(11)20-16(21)10-19-9-12-4-2-3-5-14(12)18/h2-8,19H,9-10H2,1H3,(H,20,21). The van der Waals surface area contributed by atoms with Gasteiger partial charge in [0.2, 0.25) is 5.91 Å². The summed E-state index contributed by atoms with van der Waals surface area (Å²) in [6.07, 6.45) is 0. The Morgan fingerprint density at radius 2 is 2.00 bits per heavy atom. The lowest BCUT2D eigenvalue weighted by molar-refractivity contribution is -0.115. The molecule has 0 unspecified atom stereocenters. The SMILES string of the molecule is Cc1ccc(Cl)cc1NC(=O)CNCc1ccccc1F. The monoisotopic (exact) mass is 306 g/mol. The first-order valence-corrected chi connectivity index (χ1v) is 6.94. The molecule has 0 fully saturated rings. The summed E-state index contributed by atoms with van der Waals surface area (Å²) in [7, 11) is 0. The Kier molecular flexibility index (Phi) is 5.31. The molecule has 0 bridgehead atoms. The van der Waals surface area contributed by atoms with Crippen LogP contribution in [-0.4, -0.2) is 12.5 Å². The highest BCUT2D eigenvalue weighted by atomic mass is 35.5. The molecule has 0 aliphatic heterocycles. The Bertz CT molecular complexity index is 646. The van der Waals surface area contributed by atoms with Gasteiger partial charge in [0.05, 0.1) is 6.54 Å². The third kappa shape index (κ3) is 4.55. The molecule has 0 spiro atoms. The van der Waals surface area contributed by atoms with Gasteiger partial charge in [-0.1, -0.05) is 35.9 Å². The van der Waals surface area contributed by atoms with Crippen LogP contribution in [0, 0.1) is 12.7 Å². The number of benzene rings is 2. The predicted molar refractivity (Wildman–Crippen MR) is 82.9 cm³/mol. The van der Waals surface area contributed by atoms with Crippen LogP contribution in [-0.2, 0) is 11.3 Å². The summed E-state index contributed by atoms with van der Waals surface area (Å²) >= 11 is 5.89. The molecule has 0 aliphatic rings. The van der Waals surface area contributed by atoms with Gasteiger partial charge in [0, 0.05) is 22.8 Å². The van der Waals surface area contributed by atoms with Gasteiger partial charge in [-0.05, 0) is 30.7 Å². The average Bonchev–Trinajstić information content (AvgIpc) is 2.45. The van der Waals surface area contributed by atoms with Crippen molar-refractivity contribution in [2.75, 3.05) is 11.9 Å². The molecule has 2 rings (SSSR count). The molecule has 5 heteroatoms. The van der Waals surface area contributed by atoms with Crippen molar-refractivity contribution in [1.82, 2.24) is 5.32 Å².